The molecular formula is C19H24O2. The zero-order valence-electron chi connectivity index (χ0n) is 13.3. The van der Waals surface area contributed by atoms with Gasteiger partial charge in [-0.2, -0.15) is 0 Å². The lowest BCUT2D eigenvalue weighted by atomic mass is 9.92. The lowest BCUT2D eigenvalue weighted by molar-refractivity contribution is -0.118. The van der Waals surface area contributed by atoms with Crippen LogP contribution in [-0.2, 0) is 16.0 Å². The number of rotatable bonds is 6. The molecule has 1 heterocycles. The first-order chi connectivity index (χ1) is 10.1. The minimum atomic E-state index is 0.258. The molecule has 0 amide bonds. The van der Waals surface area contributed by atoms with Crippen LogP contribution in [-0.4, -0.2) is 5.78 Å². The van der Waals surface area contributed by atoms with Crippen molar-refractivity contribution in [3.05, 3.63) is 47.2 Å². The normalized spacial score (nSPS) is 14.0. The number of allylic oxidation sites excluding steroid dienone is 2. The average Bonchev–Trinajstić information content (AvgIpc) is 2.49. The van der Waals surface area contributed by atoms with Crippen LogP contribution in [0.2, 0.25) is 0 Å². The van der Waals surface area contributed by atoms with E-state index in [0.717, 1.165) is 36.1 Å². The number of ketones is 1. The second-order valence-electron chi connectivity index (χ2n) is 5.63. The molecule has 112 valence electrons. The fraction of sp³-hybridized carbons (Fsp3) is 0.421. The van der Waals surface area contributed by atoms with Crippen LogP contribution < -0.4 is 0 Å². The van der Waals surface area contributed by atoms with E-state index >= 15 is 0 Å². The summed E-state index contributed by atoms with van der Waals surface area (Å²) in [5, 5.41) is 0. The number of unbranched alkanes of at least 4 members (excludes halogenated alkanes) is 1. The molecule has 0 fully saturated rings. The summed E-state index contributed by atoms with van der Waals surface area (Å²) >= 11 is 0. The second kappa shape index (κ2) is 6.75. The van der Waals surface area contributed by atoms with Crippen LogP contribution in [0.25, 0.3) is 11.3 Å². The summed E-state index contributed by atoms with van der Waals surface area (Å²) in [5.74, 6) is 1.99. The molecule has 0 atom stereocenters. The van der Waals surface area contributed by atoms with Gasteiger partial charge in [0.2, 0.25) is 0 Å². The molecule has 1 aromatic carbocycles. The van der Waals surface area contributed by atoms with Crippen LogP contribution in [0.15, 0.2) is 30.5 Å². The predicted octanol–water partition coefficient (Wildman–Crippen LogP) is 5.13. The largest absolute Gasteiger partial charge is 0.461 e. The van der Waals surface area contributed by atoms with Gasteiger partial charge in [0, 0.05) is 24.8 Å². The molecule has 0 spiro atoms. The Morgan fingerprint density at radius 2 is 2.00 bits per heavy atom. The Bertz CT molecular complexity index is 594. The Kier molecular flexibility index (Phi) is 5.00. The van der Waals surface area contributed by atoms with Crippen LogP contribution in [0.3, 0.4) is 0 Å². The molecule has 2 rings (SSSR count). The highest BCUT2D eigenvalue weighted by Crippen LogP contribution is 2.37. The van der Waals surface area contributed by atoms with E-state index in [0.29, 0.717) is 18.6 Å². The van der Waals surface area contributed by atoms with Crippen LogP contribution in [0.4, 0.5) is 0 Å². The van der Waals surface area contributed by atoms with E-state index < -0.39 is 0 Å². The summed E-state index contributed by atoms with van der Waals surface area (Å²) in [6.07, 6.45) is 4.30. The maximum atomic E-state index is 11.6. The number of carbonyl (C=O) groups excluding carboxylic acids is 1. The van der Waals surface area contributed by atoms with E-state index in [9.17, 15) is 4.79 Å². The maximum Gasteiger partial charge on any atom is 0.136 e. The molecule has 21 heavy (non-hydrogen) atoms. The molecule has 2 heteroatoms. The lowest BCUT2D eigenvalue weighted by Gasteiger charge is -2.24. The van der Waals surface area contributed by atoms with E-state index in [1.165, 1.54) is 11.1 Å². The lowest BCUT2D eigenvalue weighted by Crippen LogP contribution is -2.07. The van der Waals surface area contributed by atoms with Crippen LogP contribution >= 0.6 is 0 Å². The quantitative estimate of drug-likeness (QED) is 0.723. The van der Waals surface area contributed by atoms with Gasteiger partial charge in [-0.15, -0.1) is 0 Å². The first-order valence-electron chi connectivity index (χ1n) is 7.78. The molecule has 0 aromatic heterocycles. The summed E-state index contributed by atoms with van der Waals surface area (Å²) in [4.78, 5) is 11.6. The van der Waals surface area contributed by atoms with E-state index in [4.69, 9.17) is 4.74 Å². The molecule has 0 saturated carbocycles. The Morgan fingerprint density at radius 1 is 1.24 bits per heavy atom. The Hall–Kier alpha value is -1.83. The molecule has 0 aliphatic carbocycles. The van der Waals surface area contributed by atoms with Gasteiger partial charge in [0.1, 0.15) is 17.3 Å². The van der Waals surface area contributed by atoms with Crippen molar-refractivity contribution in [3.8, 4) is 0 Å². The van der Waals surface area contributed by atoms with Gasteiger partial charge in [-0.1, -0.05) is 39.0 Å². The Labute approximate surface area is 127 Å². The standard InChI is InChI=1S/C19H24O2/c1-5-7-8-19-13(3)17-10-9-15(11-16(20)6-2)12-18(17)14(4)21-19/h9-10,12H,4-8,11H2,1-3H3. The van der Waals surface area contributed by atoms with Crippen molar-refractivity contribution in [1.29, 1.82) is 0 Å². The number of hydrogen-bond donors (Lipinski definition) is 0. The van der Waals surface area contributed by atoms with Crippen molar-refractivity contribution >= 4 is 17.1 Å². The van der Waals surface area contributed by atoms with Crippen molar-refractivity contribution < 1.29 is 9.53 Å². The smallest absolute Gasteiger partial charge is 0.136 e. The van der Waals surface area contributed by atoms with Crippen molar-refractivity contribution in [2.24, 2.45) is 0 Å². The van der Waals surface area contributed by atoms with Gasteiger partial charge in [-0.05, 0) is 36.1 Å². The third-order valence-electron chi connectivity index (χ3n) is 4.01. The van der Waals surface area contributed by atoms with E-state index in [-0.39, 0.29) is 5.78 Å². The van der Waals surface area contributed by atoms with Gasteiger partial charge in [-0.25, -0.2) is 0 Å². The van der Waals surface area contributed by atoms with Gasteiger partial charge < -0.3 is 4.74 Å². The minimum Gasteiger partial charge on any atom is -0.461 e. The minimum absolute atomic E-state index is 0.258. The highest BCUT2D eigenvalue weighted by Gasteiger charge is 2.20. The molecule has 1 aliphatic rings. The van der Waals surface area contributed by atoms with Crippen molar-refractivity contribution in [2.45, 2.75) is 52.9 Å². The summed E-state index contributed by atoms with van der Waals surface area (Å²) < 4.78 is 5.91. The van der Waals surface area contributed by atoms with Gasteiger partial charge >= 0.3 is 0 Å². The number of Topliss-reactive ketones (excluding diaryl/α,β-unsaturated/α-hetero) is 1. The van der Waals surface area contributed by atoms with Gasteiger partial charge in [0.25, 0.3) is 0 Å². The Balaban J connectivity index is 2.32. The molecular weight excluding hydrogens is 260 g/mol. The van der Waals surface area contributed by atoms with E-state index in [1.54, 1.807) is 0 Å². The van der Waals surface area contributed by atoms with E-state index in [1.807, 2.05) is 19.1 Å². The molecule has 0 N–H and O–H groups in total. The zero-order valence-corrected chi connectivity index (χ0v) is 13.3. The summed E-state index contributed by atoms with van der Waals surface area (Å²) in [6, 6.07) is 6.19. The summed E-state index contributed by atoms with van der Waals surface area (Å²) in [5.41, 5.74) is 4.44. The summed E-state index contributed by atoms with van der Waals surface area (Å²) in [7, 11) is 0. The number of fused-ring (bicyclic) bond motifs is 1. The number of carbonyl (C=O) groups is 1. The number of ether oxygens (including phenoxy) is 1. The predicted molar refractivity (Wildman–Crippen MR) is 87.7 cm³/mol. The van der Waals surface area contributed by atoms with Crippen molar-refractivity contribution in [1.82, 2.24) is 0 Å². The van der Waals surface area contributed by atoms with Gasteiger partial charge in [0.15, 0.2) is 0 Å². The highest BCUT2D eigenvalue weighted by atomic mass is 16.5. The number of benzene rings is 1. The number of hydrogen-bond acceptors (Lipinski definition) is 2. The molecule has 2 nitrogen and oxygen atoms in total. The maximum absolute atomic E-state index is 11.6. The topological polar surface area (TPSA) is 26.3 Å². The molecule has 0 unspecified atom stereocenters. The first kappa shape index (κ1) is 15.6. The third-order valence-corrected chi connectivity index (χ3v) is 4.01. The molecule has 0 saturated heterocycles. The monoisotopic (exact) mass is 284 g/mol. The molecule has 1 aliphatic heterocycles. The van der Waals surface area contributed by atoms with Crippen LogP contribution in [0.1, 0.15) is 63.1 Å². The molecule has 0 bridgehead atoms. The highest BCUT2D eigenvalue weighted by molar-refractivity contribution is 5.84. The zero-order chi connectivity index (χ0) is 15.4. The Morgan fingerprint density at radius 3 is 2.67 bits per heavy atom. The van der Waals surface area contributed by atoms with Gasteiger partial charge in [0.05, 0.1) is 0 Å². The first-order valence-corrected chi connectivity index (χ1v) is 7.78. The second-order valence-corrected chi connectivity index (χ2v) is 5.63. The fourth-order valence-electron chi connectivity index (χ4n) is 2.62. The SMILES string of the molecule is C=C1OC(CCCC)=C(C)c2ccc(CC(=O)CC)cc21. The van der Waals surface area contributed by atoms with E-state index in [2.05, 4.69) is 26.5 Å². The summed E-state index contributed by atoms with van der Waals surface area (Å²) in [6.45, 7) is 10.2. The van der Waals surface area contributed by atoms with Crippen LogP contribution in [0, 0.1) is 0 Å². The molecule has 1 aromatic rings. The van der Waals surface area contributed by atoms with Crippen molar-refractivity contribution in [2.75, 3.05) is 0 Å². The van der Waals surface area contributed by atoms with Crippen molar-refractivity contribution in [3.63, 3.8) is 0 Å². The van der Waals surface area contributed by atoms with Crippen LogP contribution in [0.5, 0.6) is 0 Å². The molecule has 0 radical (unpaired) electrons. The van der Waals surface area contributed by atoms with Gasteiger partial charge in [-0.3, -0.25) is 4.79 Å². The average molecular weight is 284 g/mol. The fourth-order valence-corrected chi connectivity index (χ4v) is 2.62. The third kappa shape index (κ3) is 3.44.